The number of hydrogen-bond acceptors (Lipinski definition) is 5. The van der Waals surface area contributed by atoms with Gasteiger partial charge in [-0.25, -0.2) is 8.78 Å². The van der Waals surface area contributed by atoms with Gasteiger partial charge in [-0.1, -0.05) is 17.7 Å². The largest absolute Gasteiger partial charge is 0.493 e. The van der Waals surface area contributed by atoms with Crippen LogP contribution in [0.3, 0.4) is 0 Å². The summed E-state index contributed by atoms with van der Waals surface area (Å²) in [5.74, 6) is 0.475. The average molecular weight is 466 g/mol. The van der Waals surface area contributed by atoms with Crippen molar-refractivity contribution in [1.29, 1.82) is 0 Å². The van der Waals surface area contributed by atoms with E-state index in [9.17, 15) is 9.18 Å². The Morgan fingerprint density at radius 2 is 2.12 bits per heavy atom. The molecule has 2 N–H and O–H groups in total. The molecule has 2 aliphatic rings. The molecule has 1 amide bonds. The molecule has 32 heavy (non-hydrogen) atoms. The number of halogens is 3. The minimum atomic E-state index is -1.41. The van der Waals surface area contributed by atoms with Crippen LogP contribution in [-0.4, -0.2) is 62.4 Å². The monoisotopic (exact) mass is 465 g/mol. The Balaban J connectivity index is 1.25. The van der Waals surface area contributed by atoms with Crippen LogP contribution in [0, 0.1) is 5.82 Å². The number of rotatable bonds is 6. The lowest BCUT2D eigenvalue weighted by atomic mass is 9.92. The van der Waals surface area contributed by atoms with Gasteiger partial charge in [-0.3, -0.25) is 4.79 Å². The van der Waals surface area contributed by atoms with Crippen LogP contribution in [0.25, 0.3) is 0 Å². The van der Waals surface area contributed by atoms with Crippen molar-refractivity contribution in [3.05, 3.63) is 52.8 Å². The molecule has 1 saturated heterocycles. The Morgan fingerprint density at radius 1 is 1.34 bits per heavy atom. The van der Waals surface area contributed by atoms with Crippen LogP contribution in [0.4, 0.5) is 14.5 Å². The number of piperidine rings is 1. The minimum Gasteiger partial charge on any atom is -0.493 e. The predicted octanol–water partition coefficient (Wildman–Crippen LogP) is 3.89. The zero-order valence-corrected chi connectivity index (χ0v) is 18.6. The number of methoxy groups -OCH3 is 1. The van der Waals surface area contributed by atoms with Gasteiger partial charge in [0.05, 0.1) is 24.4 Å². The summed E-state index contributed by atoms with van der Waals surface area (Å²) in [7, 11) is 1.59. The van der Waals surface area contributed by atoms with Crippen molar-refractivity contribution in [2.24, 2.45) is 0 Å². The molecular formula is C23H26ClF2N3O3. The summed E-state index contributed by atoms with van der Waals surface area (Å²) >= 11 is 5.77. The first-order valence-corrected chi connectivity index (χ1v) is 11.0. The van der Waals surface area contributed by atoms with Crippen LogP contribution in [0.1, 0.15) is 23.2 Å². The molecule has 0 aliphatic carbocycles. The third-order valence-electron chi connectivity index (χ3n) is 5.93. The lowest BCUT2D eigenvalue weighted by Gasteiger charge is -2.37. The molecule has 9 heteroatoms. The number of alkyl halides is 1. The summed E-state index contributed by atoms with van der Waals surface area (Å²) < 4.78 is 40.0. The number of benzene rings is 2. The normalized spacial score (nSPS) is 19.5. The van der Waals surface area contributed by atoms with Gasteiger partial charge in [-0.15, -0.1) is 0 Å². The summed E-state index contributed by atoms with van der Waals surface area (Å²) in [5, 5.41) is 6.39. The van der Waals surface area contributed by atoms with Crippen molar-refractivity contribution >= 4 is 23.2 Å². The zero-order valence-electron chi connectivity index (χ0n) is 17.8. The molecule has 1 unspecified atom stereocenters. The first-order valence-electron chi connectivity index (χ1n) is 10.6. The number of ether oxygens (including phenoxy) is 2. The molecule has 6 nitrogen and oxygen atoms in total. The van der Waals surface area contributed by atoms with Crippen molar-refractivity contribution < 1.29 is 23.0 Å². The molecule has 1 atom stereocenters. The molecule has 2 aromatic rings. The third kappa shape index (κ3) is 4.91. The number of para-hydroxylation sites is 1. The smallest absolute Gasteiger partial charge is 0.253 e. The van der Waals surface area contributed by atoms with Crippen LogP contribution in [0.5, 0.6) is 11.5 Å². The van der Waals surface area contributed by atoms with Crippen LogP contribution in [-0.2, 0) is 0 Å². The Morgan fingerprint density at radius 3 is 2.84 bits per heavy atom. The van der Waals surface area contributed by atoms with Gasteiger partial charge in [0.15, 0.2) is 11.5 Å². The zero-order chi connectivity index (χ0) is 22.7. The van der Waals surface area contributed by atoms with Gasteiger partial charge >= 0.3 is 0 Å². The molecule has 1 fully saturated rings. The van der Waals surface area contributed by atoms with Gasteiger partial charge in [0, 0.05) is 44.6 Å². The highest BCUT2D eigenvalue weighted by Crippen LogP contribution is 2.38. The van der Waals surface area contributed by atoms with E-state index in [4.69, 9.17) is 21.1 Å². The average Bonchev–Trinajstić information content (AvgIpc) is 2.80. The van der Waals surface area contributed by atoms with Gasteiger partial charge in [0.1, 0.15) is 17.6 Å². The van der Waals surface area contributed by atoms with Crippen LogP contribution in [0.2, 0.25) is 5.02 Å². The number of amides is 1. The Labute approximate surface area is 190 Å². The fourth-order valence-electron chi connectivity index (χ4n) is 4.04. The number of hydrogen-bond donors (Lipinski definition) is 2. The van der Waals surface area contributed by atoms with Gasteiger partial charge in [0.2, 0.25) is 0 Å². The second-order valence-electron chi connectivity index (χ2n) is 8.16. The lowest BCUT2D eigenvalue weighted by Crippen LogP contribution is -2.50. The van der Waals surface area contributed by atoms with E-state index in [1.807, 2.05) is 18.2 Å². The van der Waals surface area contributed by atoms with Crippen molar-refractivity contribution in [3.63, 3.8) is 0 Å². The van der Waals surface area contributed by atoms with Crippen LogP contribution >= 0.6 is 11.6 Å². The van der Waals surface area contributed by atoms with E-state index in [0.29, 0.717) is 30.2 Å². The molecule has 2 aliphatic heterocycles. The van der Waals surface area contributed by atoms with E-state index in [-0.39, 0.29) is 49.5 Å². The van der Waals surface area contributed by atoms with Gasteiger partial charge in [-0.05, 0) is 30.3 Å². The lowest BCUT2D eigenvalue weighted by molar-refractivity contribution is 0.0425. The quantitative estimate of drug-likeness (QED) is 0.677. The first-order chi connectivity index (χ1) is 15.4. The number of nitrogens with zero attached hydrogens (tertiary/aromatic N) is 1. The standard InChI is InChI=1S/C23H26ClF2N3O3/c1-31-20-4-2-3-19-21(20)32-16(13-28-19)12-27-14-23(26)7-9-29(10-8-23)22(30)15-5-6-18(25)17(24)11-15/h2-6,11,16,27-28H,7-10,12-14H2,1H3. The van der Waals surface area contributed by atoms with Gasteiger partial charge in [-0.2, -0.15) is 0 Å². The van der Waals surface area contributed by atoms with Crippen LogP contribution < -0.4 is 20.1 Å². The number of nitrogens with one attached hydrogen (secondary N) is 2. The third-order valence-corrected chi connectivity index (χ3v) is 6.22. The van der Waals surface area contributed by atoms with Gasteiger partial charge < -0.3 is 25.0 Å². The molecule has 172 valence electrons. The number of carbonyl (C=O) groups is 1. The minimum absolute atomic E-state index is 0.100. The van der Waals surface area contributed by atoms with E-state index >= 15 is 4.39 Å². The molecule has 0 bridgehead atoms. The molecule has 2 aromatic carbocycles. The number of carbonyl (C=O) groups excluding carboxylic acids is 1. The molecule has 2 heterocycles. The molecule has 4 rings (SSSR count). The summed E-state index contributed by atoms with van der Waals surface area (Å²) in [6.45, 7) is 1.84. The molecule has 0 saturated carbocycles. The van der Waals surface area contributed by atoms with Crippen LogP contribution in [0.15, 0.2) is 36.4 Å². The Hall–Kier alpha value is -2.58. The van der Waals surface area contributed by atoms with E-state index in [1.54, 1.807) is 12.0 Å². The number of anilines is 1. The fraction of sp³-hybridized carbons (Fsp3) is 0.435. The highest BCUT2D eigenvalue weighted by atomic mass is 35.5. The van der Waals surface area contributed by atoms with Crippen molar-refractivity contribution in [2.75, 3.05) is 45.2 Å². The maximum Gasteiger partial charge on any atom is 0.253 e. The Kier molecular flexibility index (Phi) is 6.71. The van der Waals surface area contributed by atoms with E-state index < -0.39 is 11.5 Å². The van der Waals surface area contributed by atoms with Gasteiger partial charge in [0.25, 0.3) is 5.91 Å². The summed E-state index contributed by atoms with van der Waals surface area (Å²) in [4.78, 5) is 14.2. The second-order valence-corrected chi connectivity index (χ2v) is 8.57. The molecule has 0 aromatic heterocycles. The van der Waals surface area contributed by atoms with Crippen molar-refractivity contribution in [2.45, 2.75) is 24.6 Å². The summed E-state index contributed by atoms with van der Waals surface area (Å²) in [5.41, 5.74) is -0.227. The van der Waals surface area contributed by atoms with E-state index in [2.05, 4.69) is 10.6 Å². The second kappa shape index (κ2) is 9.50. The summed E-state index contributed by atoms with van der Waals surface area (Å²) in [6, 6.07) is 9.52. The summed E-state index contributed by atoms with van der Waals surface area (Å²) in [6.07, 6.45) is 0.287. The maximum absolute atomic E-state index is 15.3. The van der Waals surface area contributed by atoms with E-state index in [0.717, 1.165) is 5.69 Å². The first kappa shape index (κ1) is 22.6. The number of fused-ring (bicyclic) bond motifs is 1. The number of likely N-dealkylation sites (tertiary alicyclic amines) is 1. The Bertz CT molecular complexity index is 969. The SMILES string of the molecule is COc1cccc2c1OC(CNCC1(F)CCN(C(=O)c3ccc(F)c(Cl)c3)CC1)CN2. The maximum atomic E-state index is 15.3. The van der Waals surface area contributed by atoms with Crippen molar-refractivity contribution in [3.8, 4) is 11.5 Å². The molecular weight excluding hydrogens is 440 g/mol. The van der Waals surface area contributed by atoms with E-state index in [1.165, 1.54) is 18.2 Å². The topological polar surface area (TPSA) is 62.8 Å². The fourth-order valence-corrected chi connectivity index (χ4v) is 4.22. The predicted molar refractivity (Wildman–Crippen MR) is 119 cm³/mol. The highest BCUT2D eigenvalue weighted by molar-refractivity contribution is 6.31. The van der Waals surface area contributed by atoms with Crippen molar-refractivity contribution in [1.82, 2.24) is 10.2 Å². The molecule has 0 radical (unpaired) electrons. The highest BCUT2D eigenvalue weighted by Gasteiger charge is 2.36. The molecule has 0 spiro atoms.